The minimum Gasteiger partial charge on any atom is -0.274 e. The smallest absolute Gasteiger partial charge is 0.129 e. The molecule has 0 atom stereocenters. The third-order valence-corrected chi connectivity index (χ3v) is 0.699. The third-order valence-electron chi connectivity index (χ3n) is 0.699. The number of hydrogen-bond acceptors (Lipinski definition) is 2. The Morgan fingerprint density at radius 1 is 1.67 bits per heavy atom. The molecule has 0 saturated carbocycles. The lowest BCUT2D eigenvalue weighted by Gasteiger charge is -1.78. The van der Waals surface area contributed by atoms with Crippen LogP contribution in [0.1, 0.15) is 6.92 Å². The van der Waals surface area contributed by atoms with Crippen molar-refractivity contribution in [2.75, 3.05) is 7.05 Å². The van der Waals surface area contributed by atoms with Gasteiger partial charge in [-0.15, -0.1) is 0 Å². The zero-order valence-corrected chi connectivity index (χ0v) is 5.63. The number of rotatable bonds is 1. The van der Waals surface area contributed by atoms with Crippen LogP contribution >= 0.6 is 0 Å². The molecule has 0 saturated heterocycles. The summed E-state index contributed by atoms with van der Waals surface area (Å²) in [6.45, 7) is 5.00. The van der Waals surface area contributed by atoms with Gasteiger partial charge in [-0.2, -0.15) is 4.99 Å². The van der Waals surface area contributed by atoms with E-state index >= 15 is 0 Å². The first-order valence-corrected chi connectivity index (χ1v) is 2.48. The van der Waals surface area contributed by atoms with E-state index in [1.807, 2.05) is 0 Å². The topological polar surface area (TPSA) is 37.1 Å². The predicted octanol–water partition coefficient (Wildman–Crippen LogP) is 0.919. The van der Waals surface area contributed by atoms with E-state index in [2.05, 4.69) is 27.6 Å². The van der Waals surface area contributed by atoms with Crippen molar-refractivity contribution in [1.29, 1.82) is 0 Å². The van der Waals surface area contributed by atoms with Crippen LogP contribution in [0.3, 0.4) is 0 Å². The van der Waals surface area contributed by atoms with Crippen LogP contribution < -0.4 is 0 Å². The highest BCUT2D eigenvalue weighted by Crippen LogP contribution is 1.72. The summed E-state index contributed by atoms with van der Waals surface area (Å²) in [5, 5.41) is 0. The average molecular weight is 123 g/mol. The monoisotopic (exact) mass is 123 g/mol. The van der Waals surface area contributed by atoms with Gasteiger partial charge in [0.05, 0.1) is 6.20 Å². The average Bonchev–Trinajstić information content (AvgIpc) is 1.89. The summed E-state index contributed by atoms with van der Waals surface area (Å²) in [7, 11) is 1.67. The van der Waals surface area contributed by atoms with Crippen molar-refractivity contribution in [1.82, 2.24) is 0 Å². The second-order valence-corrected chi connectivity index (χ2v) is 1.32. The second kappa shape index (κ2) is 4.94. The van der Waals surface area contributed by atoms with Crippen molar-refractivity contribution in [3.8, 4) is 0 Å². The lowest BCUT2D eigenvalue weighted by atomic mass is 10.7. The van der Waals surface area contributed by atoms with Crippen molar-refractivity contribution >= 4 is 18.4 Å². The van der Waals surface area contributed by atoms with E-state index in [1.165, 1.54) is 6.20 Å². The fraction of sp³-hybridized carbons (Fsp3) is 0.333. The van der Waals surface area contributed by atoms with Gasteiger partial charge in [-0.1, -0.05) is 0 Å². The van der Waals surface area contributed by atoms with Crippen molar-refractivity contribution in [2.45, 2.75) is 6.92 Å². The molecule has 0 aromatic heterocycles. The van der Waals surface area contributed by atoms with Gasteiger partial charge < -0.3 is 0 Å². The number of hydrogen-bond donors (Lipinski definition) is 0. The molecule has 0 spiro atoms. The third kappa shape index (κ3) is 4.65. The zero-order chi connectivity index (χ0) is 7.11. The molecule has 0 aliphatic carbocycles. The highest BCUT2D eigenvalue weighted by Gasteiger charge is 1.73. The fourth-order valence-corrected chi connectivity index (χ4v) is 0.213. The molecular formula is C6H9N3. The minimum absolute atomic E-state index is 0.676. The molecule has 0 aromatic carbocycles. The quantitative estimate of drug-likeness (QED) is 0.367. The fourth-order valence-electron chi connectivity index (χ4n) is 0.213. The molecule has 0 rings (SSSR count). The largest absolute Gasteiger partial charge is 0.274 e. The van der Waals surface area contributed by atoms with Crippen LogP contribution in [-0.2, 0) is 0 Å². The maximum absolute atomic E-state index is 3.77. The highest BCUT2D eigenvalue weighted by atomic mass is 14.9. The van der Waals surface area contributed by atoms with E-state index in [0.29, 0.717) is 5.84 Å². The van der Waals surface area contributed by atoms with E-state index < -0.39 is 0 Å². The van der Waals surface area contributed by atoms with Crippen molar-refractivity contribution in [3.05, 3.63) is 6.20 Å². The molecular weight excluding hydrogens is 114 g/mol. The molecule has 48 valence electrons. The zero-order valence-electron chi connectivity index (χ0n) is 5.63. The van der Waals surface area contributed by atoms with Gasteiger partial charge in [0.2, 0.25) is 0 Å². The molecule has 0 aromatic rings. The van der Waals surface area contributed by atoms with Crippen molar-refractivity contribution in [3.63, 3.8) is 0 Å². The summed E-state index contributed by atoms with van der Waals surface area (Å²) in [6.07, 6.45) is 1.38. The molecule has 3 heteroatoms. The Morgan fingerprint density at radius 3 is 2.78 bits per heavy atom. The molecule has 9 heavy (non-hydrogen) atoms. The van der Waals surface area contributed by atoms with Crippen LogP contribution in [0.15, 0.2) is 21.2 Å². The maximum Gasteiger partial charge on any atom is 0.129 e. The molecule has 0 bridgehead atoms. The summed E-state index contributed by atoms with van der Waals surface area (Å²) in [5.74, 6) is 3.20. The van der Waals surface area contributed by atoms with Crippen molar-refractivity contribution in [2.24, 2.45) is 15.0 Å². The van der Waals surface area contributed by atoms with Crippen LogP contribution in [0.5, 0.6) is 0 Å². The summed E-state index contributed by atoms with van der Waals surface area (Å²) in [6, 6.07) is 0. The molecule has 0 N–H and O–H groups in total. The van der Waals surface area contributed by atoms with Crippen molar-refractivity contribution < 1.29 is 0 Å². The van der Waals surface area contributed by atoms with Crippen LogP contribution in [0, 0.1) is 0 Å². The molecule has 0 amide bonds. The lowest BCUT2D eigenvalue weighted by molar-refractivity contribution is 1.39. The van der Waals surface area contributed by atoms with Crippen LogP contribution in [0.25, 0.3) is 0 Å². The first-order chi connectivity index (χ1) is 4.31. The van der Waals surface area contributed by atoms with E-state index in [1.54, 1.807) is 14.0 Å². The SMILES string of the molecule is C=NC=C=N/C(C)=N\C. The van der Waals surface area contributed by atoms with E-state index in [0.717, 1.165) is 0 Å². The Hall–Kier alpha value is -1.21. The normalized spacial score (nSPS) is 9.78. The van der Waals surface area contributed by atoms with Gasteiger partial charge in [0, 0.05) is 12.9 Å². The molecule has 0 radical (unpaired) electrons. The van der Waals surface area contributed by atoms with Crippen LogP contribution in [-0.4, -0.2) is 25.5 Å². The first kappa shape index (κ1) is 7.79. The standard InChI is InChI=1S/C6H9N3/c1-6(8-3)9-5-4-7-2/h4H,2H2,1,3H3/b8-6-. The molecule has 0 aliphatic rings. The Labute approximate surface area is 54.6 Å². The molecule has 0 aliphatic heterocycles. The van der Waals surface area contributed by atoms with Crippen LogP contribution in [0.4, 0.5) is 0 Å². The summed E-state index contributed by atoms with van der Waals surface area (Å²) in [4.78, 5) is 10.9. The summed E-state index contributed by atoms with van der Waals surface area (Å²) in [5.41, 5.74) is 0. The number of nitrogens with zero attached hydrogens (tertiary/aromatic N) is 3. The number of amidine groups is 1. The highest BCUT2D eigenvalue weighted by molar-refractivity contribution is 5.86. The van der Waals surface area contributed by atoms with Crippen LogP contribution in [0.2, 0.25) is 0 Å². The van der Waals surface area contributed by atoms with Gasteiger partial charge in [0.15, 0.2) is 0 Å². The summed E-state index contributed by atoms with van der Waals surface area (Å²) < 4.78 is 0. The van der Waals surface area contributed by atoms with E-state index in [9.17, 15) is 0 Å². The van der Waals surface area contributed by atoms with Gasteiger partial charge in [-0.05, 0) is 13.6 Å². The molecule has 3 nitrogen and oxygen atoms in total. The predicted molar refractivity (Wildman–Crippen MR) is 40.6 cm³/mol. The first-order valence-electron chi connectivity index (χ1n) is 2.48. The Bertz CT molecular complexity index is 173. The van der Waals surface area contributed by atoms with Gasteiger partial charge in [-0.3, -0.25) is 9.98 Å². The lowest BCUT2D eigenvalue weighted by Crippen LogP contribution is -1.80. The minimum atomic E-state index is 0.676. The molecule has 0 unspecified atom stereocenters. The Kier molecular flexibility index (Phi) is 4.27. The Balaban J connectivity index is 3.99. The maximum atomic E-state index is 3.77. The number of aliphatic imine (C=N–C) groups is 3. The van der Waals surface area contributed by atoms with Gasteiger partial charge in [0.1, 0.15) is 5.84 Å². The molecule has 0 fully saturated rings. The van der Waals surface area contributed by atoms with Gasteiger partial charge in [0.25, 0.3) is 0 Å². The Morgan fingerprint density at radius 2 is 2.33 bits per heavy atom. The van der Waals surface area contributed by atoms with Gasteiger partial charge >= 0.3 is 0 Å². The van der Waals surface area contributed by atoms with E-state index in [4.69, 9.17) is 0 Å². The van der Waals surface area contributed by atoms with Gasteiger partial charge in [-0.25, -0.2) is 0 Å². The van der Waals surface area contributed by atoms with E-state index in [-0.39, 0.29) is 0 Å². The second-order valence-electron chi connectivity index (χ2n) is 1.32. The summed E-state index contributed by atoms with van der Waals surface area (Å²) >= 11 is 0. The molecule has 0 heterocycles.